The number of aryl methyl sites for hydroxylation is 1. The minimum Gasteiger partial charge on any atom is -0.497 e. The van der Waals surface area contributed by atoms with Gasteiger partial charge in [0.05, 0.1) is 27.7 Å². The fraction of sp³-hybridized carbons (Fsp3) is 0.158. The molecule has 3 rings (SSSR count). The number of anilines is 1. The molecule has 0 aliphatic rings. The number of nitrogens with two attached hydrogens (primary N) is 1. The van der Waals surface area contributed by atoms with E-state index in [0.29, 0.717) is 22.3 Å². The summed E-state index contributed by atoms with van der Waals surface area (Å²) in [5.41, 5.74) is 0.941. The number of furan rings is 1. The van der Waals surface area contributed by atoms with Gasteiger partial charge in [0.25, 0.3) is 5.91 Å². The Morgan fingerprint density at radius 3 is 2.39 bits per heavy atom. The Morgan fingerprint density at radius 2 is 1.81 bits per heavy atom. The Bertz CT molecular complexity index is 1280. The van der Waals surface area contributed by atoms with E-state index in [9.17, 15) is 18.0 Å². The van der Waals surface area contributed by atoms with Crippen LogP contribution in [0.1, 0.15) is 16.1 Å². The van der Waals surface area contributed by atoms with Crippen molar-refractivity contribution in [2.75, 3.05) is 19.0 Å². The van der Waals surface area contributed by atoms with E-state index in [1.807, 2.05) is 0 Å². The van der Waals surface area contributed by atoms with Gasteiger partial charge >= 0.3 is 5.97 Å². The number of halogens is 2. The maximum absolute atomic E-state index is 12.4. The molecule has 0 atom stereocenters. The first-order valence-electron chi connectivity index (χ1n) is 8.57. The van der Waals surface area contributed by atoms with Gasteiger partial charge in [0.1, 0.15) is 11.3 Å². The van der Waals surface area contributed by atoms with Gasteiger partial charge in [0, 0.05) is 10.9 Å². The molecule has 1 heterocycles. The quantitative estimate of drug-likeness (QED) is 0.508. The van der Waals surface area contributed by atoms with Crippen LogP contribution in [-0.2, 0) is 19.6 Å². The predicted molar refractivity (Wildman–Crippen MR) is 114 cm³/mol. The molecule has 9 nitrogen and oxygen atoms in total. The third-order valence-electron chi connectivity index (χ3n) is 4.27. The predicted octanol–water partition coefficient (Wildman–Crippen LogP) is 3.50. The maximum atomic E-state index is 12.4. The Labute approximate surface area is 187 Å². The van der Waals surface area contributed by atoms with E-state index in [2.05, 4.69) is 5.32 Å². The molecule has 31 heavy (non-hydrogen) atoms. The zero-order valence-corrected chi connectivity index (χ0v) is 18.5. The Kier molecular flexibility index (Phi) is 6.46. The molecule has 0 spiro atoms. The molecule has 0 aliphatic heterocycles. The van der Waals surface area contributed by atoms with Crippen molar-refractivity contribution in [3.05, 3.63) is 51.7 Å². The molecule has 0 aliphatic carbocycles. The molecule has 3 aromatic rings. The molecule has 0 unspecified atom stereocenters. The summed E-state index contributed by atoms with van der Waals surface area (Å²) < 4.78 is 38.5. The van der Waals surface area contributed by atoms with Gasteiger partial charge in [0.15, 0.2) is 6.61 Å². The number of carbonyl (C=O) groups is 2. The number of benzene rings is 2. The lowest BCUT2D eigenvalue weighted by Crippen LogP contribution is -2.21. The van der Waals surface area contributed by atoms with Crippen LogP contribution in [-0.4, -0.2) is 34.0 Å². The maximum Gasteiger partial charge on any atom is 0.375 e. The van der Waals surface area contributed by atoms with E-state index in [-0.39, 0.29) is 26.4 Å². The number of hydrogen-bond acceptors (Lipinski definition) is 7. The fourth-order valence-corrected chi connectivity index (χ4v) is 4.00. The summed E-state index contributed by atoms with van der Waals surface area (Å²) in [5.74, 6) is -1.05. The van der Waals surface area contributed by atoms with Crippen molar-refractivity contribution < 1.29 is 31.9 Å². The van der Waals surface area contributed by atoms with Crippen molar-refractivity contribution in [3.8, 4) is 5.75 Å². The second kappa shape index (κ2) is 8.75. The first-order valence-corrected chi connectivity index (χ1v) is 10.9. The minimum atomic E-state index is -4.03. The third-order valence-corrected chi connectivity index (χ3v) is 5.76. The van der Waals surface area contributed by atoms with Crippen molar-refractivity contribution in [2.45, 2.75) is 11.8 Å². The van der Waals surface area contributed by atoms with E-state index in [4.69, 9.17) is 42.2 Å². The van der Waals surface area contributed by atoms with Crippen LogP contribution in [0, 0.1) is 6.92 Å². The van der Waals surface area contributed by atoms with E-state index in [1.165, 1.54) is 7.11 Å². The van der Waals surface area contributed by atoms with Crippen molar-refractivity contribution in [1.29, 1.82) is 0 Å². The Balaban J connectivity index is 1.71. The number of nitrogens with one attached hydrogen (secondary N) is 1. The molecule has 0 saturated heterocycles. The van der Waals surface area contributed by atoms with Crippen molar-refractivity contribution >= 4 is 61.8 Å². The monoisotopic (exact) mass is 486 g/mol. The molecule has 1 amide bonds. The molecule has 12 heteroatoms. The lowest BCUT2D eigenvalue weighted by molar-refractivity contribution is -0.119. The van der Waals surface area contributed by atoms with Crippen molar-refractivity contribution in [2.24, 2.45) is 5.14 Å². The number of sulfonamides is 1. The average molecular weight is 487 g/mol. The van der Waals surface area contributed by atoms with Crippen LogP contribution in [0.5, 0.6) is 5.75 Å². The number of hydrogen-bond donors (Lipinski definition) is 2. The number of rotatable bonds is 6. The van der Waals surface area contributed by atoms with Gasteiger partial charge in [-0.15, -0.1) is 0 Å². The van der Waals surface area contributed by atoms with Gasteiger partial charge in [0.2, 0.25) is 15.8 Å². The SMILES string of the molecule is COc1ccc2oc(C(=O)OCC(=O)Nc3c(Cl)cc(S(N)(=O)=O)cc3Cl)c(C)c2c1. The van der Waals surface area contributed by atoms with Gasteiger partial charge in [-0.3, -0.25) is 4.79 Å². The van der Waals surface area contributed by atoms with E-state index >= 15 is 0 Å². The topological polar surface area (TPSA) is 138 Å². The number of amides is 1. The van der Waals surface area contributed by atoms with Crippen molar-refractivity contribution in [3.63, 3.8) is 0 Å². The van der Waals surface area contributed by atoms with Crippen LogP contribution >= 0.6 is 23.2 Å². The van der Waals surface area contributed by atoms with E-state index in [0.717, 1.165) is 12.1 Å². The molecular weight excluding hydrogens is 471 g/mol. The summed E-state index contributed by atoms with van der Waals surface area (Å²) in [6.07, 6.45) is 0. The highest BCUT2D eigenvalue weighted by molar-refractivity contribution is 7.89. The number of primary sulfonamides is 1. The second-order valence-electron chi connectivity index (χ2n) is 6.35. The smallest absolute Gasteiger partial charge is 0.375 e. The number of ether oxygens (including phenoxy) is 2. The van der Waals surface area contributed by atoms with Crippen molar-refractivity contribution in [1.82, 2.24) is 0 Å². The summed E-state index contributed by atoms with van der Waals surface area (Å²) in [6, 6.07) is 7.13. The number of methoxy groups -OCH3 is 1. The Morgan fingerprint density at radius 1 is 1.16 bits per heavy atom. The van der Waals surface area contributed by atoms with Gasteiger partial charge in [-0.2, -0.15) is 0 Å². The lowest BCUT2D eigenvalue weighted by atomic mass is 10.1. The first-order chi connectivity index (χ1) is 14.5. The highest BCUT2D eigenvalue weighted by Gasteiger charge is 2.21. The summed E-state index contributed by atoms with van der Waals surface area (Å²) in [4.78, 5) is 24.2. The molecule has 164 valence electrons. The standard InChI is InChI=1S/C19H16Cl2N2O7S/c1-9-12-5-10(28-2)3-4-15(12)30-18(9)19(25)29-8-16(24)23-17-13(20)6-11(7-14(17)21)31(22,26)27/h3-7H,8H2,1-2H3,(H,23,24)(H2,22,26,27). The fourth-order valence-electron chi connectivity index (χ4n) is 2.73. The van der Waals surface area contributed by atoms with Crippen LogP contribution in [0.3, 0.4) is 0 Å². The molecule has 0 radical (unpaired) electrons. The second-order valence-corrected chi connectivity index (χ2v) is 8.73. The number of fused-ring (bicyclic) bond motifs is 1. The van der Waals surface area contributed by atoms with E-state index < -0.39 is 28.5 Å². The number of esters is 1. The van der Waals surface area contributed by atoms with Crippen LogP contribution in [0.2, 0.25) is 10.0 Å². The van der Waals surface area contributed by atoms with E-state index in [1.54, 1.807) is 25.1 Å². The van der Waals surface area contributed by atoms with Crippen LogP contribution in [0.25, 0.3) is 11.0 Å². The molecule has 0 fully saturated rings. The van der Waals surface area contributed by atoms with Gasteiger partial charge < -0.3 is 19.2 Å². The molecular formula is C19H16Cl2N2O7S. The van der Waals surface area contributed by atoms with Gasteiger partial charge in [-0.05, 0) is 37.3 Å². The summed E-state index contributed by atoms with van der Waals surface area (Å²) in [5, 5.41) is 7.75. The Hall–Kier alpha value is -2.79. The minimum absolute atomic E-state index is 0.0513. The summed E-state index contributed by atoms with van der Waals surface area (Å²) in [6.45, 7) is 1.01. The molecule has 1 aromatic heterocycles. The third kappa shape index (κ3) is 4.93. The molecule has 2 aromatic carbocycles. The average Bonchev–Trinajstić information content (AvgIpc) is 3.04. The molecule has 0 bridgehead atoms. The van der Waals surface area contributed by atoms with Crippen LogP contribution < -0.4 is 15.2 Å². The summed E-state index contributed by atoms with van der Waals surface area (Å²) in [7, 11) is -2.51. The molecule has 3 N–H and O–H groups in total. The highest BCUT2D eigenvalue weighted by Crippen LogP contribution is 2.33. The van der Waals surface area contributed by atoms with Crippen LogP contribution in [0.4, 0.5) is 5.69 Å². The first kappa shape index (κ1) is 22.9. The molecule has 0 saturated carbocycles. The largest absolute Gasteiger partial charge is 0.497 e. The normalized spacial score (nSPS) is 11.4. The highest BCUT2D eigenvalue weighted by atomic mass is 35.5. The number of carbonyl (C=O) groups excluding carboxylic acids is 2. The lowest BCUT2D eigenvalue weighted by Gasteiger charge is -2.11. The van der Waals surface area contributed by atoms with Crippen LogP contribution in [0.15, 0.2) is 39.6 Å². The van der Waals surface area contributed by atoms with Gasteiger partial charge in [-0.25, -0.2) is 18.4 Å². The zero-order chi connectivity index (χ0) is 22.9. The van der Waals surface area contributed by atoms with Gasteiger partial charge in [-0.1, -0.05) is 23.2 Å². The summed E-state index contributed by atoms with van der Waals surface area (Å²) >= 11 is 12.0. The zero-order valence-electron chi connectivity index (χ0n) is 16.2.